The number of piperidine rings is 1. The summed E-state index contributed by atoms with van der Waals surface area (Å²) in [6, 6.07) is 7.25. The van der Waals surface area contributed by atoms with Crippen LogP contribution in [0.2, 0.25) is 0 Å². The summed E-state index contributed by atoms with van der Waals surface area (Å²) in [5.74, 6) is 0.894. The van der Waals surface area contributed by atoms with E-state index in [0.717, 1.165) is 18.5 Å². The number of para-hydroxylation sites is 1. The van der Waals surface area contributed by atoms with Gasteiger partial charge < -0.3 is 5.11 Å². The maximum absolute atomic E-state index is 11.4. The Hall–Kier alpha value is -1.81. The van der Waals surface area contributed by atoms with E-state index in [2.05, 4.69) is 51.6 Å². The number of aryl methyl sites for hydroxylation is 1. The Kier molecular flexibility index (Phi) is 6.61. The predicted molar refractivity (Wildman–Crippen MR) is 99.5 cm³/mol. The van der Waals surface area contributed by atoms with Crippen LogP contribution in [-0.2, 0) is 4.79 Å². The Labute approximate surface area is 146 Å². The molecule has 1 heterocycles. The molecule has 134 valence electrons. The van der Waals surface area contributed by atoms with Crippen LogP contribution in [0.5, 0.6) is 5.75 Å². The maximum atomic E-state index is 11.4. The van der Waals surface area contributed by atoms with Gasteiger partial charge in [0, 0.05) is 12.1 Å². The molecule has 1 fully saturated rings. The third-order valence-electron chi connectivity index (χ3n) is 5.82. The Balaban J connectivity index is 0.000000300. The molecule has 0 aliphatic carbocycles. The van der Waals surface area contributed by atoms with Crippen LogP contribution in [0.25, 0.3) is 0 Å². The Bertz CT molecular complexity index is 558. The van der Waals surface area contributed by atoms with E-state index in [1.807, 2.05) is 25.1 Å². The minimum atomic E-state index is -0.126. The molecule has 1 amide bonds. The largest absolute Gasteiger partial charge is 0.508 e. The molecular formula is C20H32N2O2. The van der Waals surface area contributed by atoms with E-state index < -0.39 is 0 Å². The van der Waals surface area contributed by atoms with Crippen LogP contribution in [0.3, 0.4) is 0 Å². The van der Waals surface area contributed by atoms with Crippen LogP contribution in [0, 0.1) is 18.3 Å². The normalized spacial score (nSPS) is 22.0. The molecule has 1 atom stereocenters. The molecule has 0 spiro atoms. The molecule has 0 aromatic heterocycles. The van der Waals surface area contributed by atoms with Gasteiger partial charge in [0.15, 0.2) is 0 Å². The fourth-order valence-corrected chi connectivity index (χ4v) is 2.85. The van der Waals surface area contributed by atoms with Gasteiger partial charge in [0.05, 0.1) is 0 Å². The van der Waals surface area contributed by atoms with Gasteiger partial charge in [0.2, 0.25) is 0 Å². The summed E-state index contributed by atoms with van der Waals surface area (Å²) in [7, 11) is 0. The number of aromatic hydroxyl groups is 1. The van der Waals surface area contributed by atoms with Gasteiger partial charge in [-0.1, -0.05) is 45.5 Å². The first kappa shape index (κ1) is 20.2. The molecule has 4 heteroatoms. The van der Waals surface area contributed by atoms with Crippen molar-refractivity contribution in [1.82, 2.24) is 10.4 Å². The molecule has 0 radical (unpaired) electrons. The van der Waals surface area contributed by atoms with E-state index in [0.29, 0.717) is 11.7 Å². The highest BCUT2D eigenvalue weighted by Crippen LogP contribution is 2.46. The second-order valence-electron chi connectivity index (χ2n) is 7.59. The lowest BCUT2D eigenvalue weighted by atomic mass is 9.63. The third kappa shape index (κ3) is 4.38. The standard InChI is InChI=1S/C13H24N2O.C7H8O/c1-7-11(16)14-15-9-8-10(2)12(3,4)13(15,5)6;1-6-4-2-3-5-7(6)8/h7,10H,1,8-9H2,2-6H3,(H,14,16);2-5,8H,1H3. The topological polar surface area (TPSA) is 52.6 Å². The first-order chi connectivity index (χ1) is 11.0. The van der Waals surface area contributed by atoms with Crippen LogP contribution in [0.4, 0.5) is 0 Å². The van der Waals surface area contributed by atoms with Crippen molar-refractivity contribution in [2.24, 2.45) is 11.3 Å². The van der Waals surface area contributed by atoms with Gasteiger partial charge in [-0.15, -0.1) is 0 Å². The lowest BCUT2D eigenvalue weighted by Crippen LogP contribution is -2.65. The van der Waals surface area contributed by atoms with E-state index in [1.54, 1.807) is 6.07 Å². The van der Waals surface area contributed by atoms with E-state index in [1.165, 1.54) is 6.08 Å². The van der Waals surface area contributed by atoms with Gasteiger partial charge in [-0.3, -0.25) is 10.2 Å². The van der Waals surface area contributed by atoms with E-state index in [9.17, 15) is 4.79 Å². The number of phenols is 1. The number of benzene rings is 1. The van der Waals surface area contributed by atoms with Crippen LogP contribution >= 0.6 is 0 Å². The third-order valence-corrected chi connectivity index (χ3v) is 5.82. The van der Waals surface area contributed by atoms with Crippen LogP contribution in [0.15, 0.2) is 36.9 Å². The molecule has 4 nitrogen and oxygen atoms in total. The van der Waals surface area contributed by atoms with Crippen LogP contribution in [-0.4, -0.2) is 28.1 Å². The number of nitrogens with zero attached hydrogens (tertiary/aromatic N) is 1. The molecule has 1 saturated heterocycles. The number of phenolic OH excluding ortho intramolecular Hbond substituents is 1. The lowest BCUT2D eigenvalue weighted by molar-refractivity contribution is -0.136. The molecule has 2 N–H and O–H groups in total. The minimum Gasteiger partial charge on any atom is -0.508 e. The van der Waals surface area contributed by atoms with Gasteiger partial charge in [0.25, 0.3) is 5.91 Å². The summed E-state index contributed by atoms with van der Waals surface area (Å²) >= 11 is 0. The van der Waals surface area contributed by atoms with Crippen molar-refractivity contribution in [2.45, 2.75) is 53.5 Å². The maximum Gasteiger partial charge on any atom is 0.257 e. The highest BCUT2D eigenvalue weighted by Gasteiger charge is 2.48. The van der Waals surface area contributed by atoms with Crippen molar-refractivity contribution < 1.29 is 9.90 Å². The van der Waals surface area contributed by atoms with Crippen LogP contribution in [0.1, 0.15) is 46.6 Å². The van der Waals surface area contributed by atoms with Crippen molar-refractivity contribution in [3.63, 3.8) is 0 Å². The molecule has 1 aliphatic rings. The zero-order valence-electron chi connectivity index (χ0n) is 15.9. The van der Waals surface area contributed by atoms with Gasteiger partial charge in [-0.05, 0) is 56.2 Å². The number of hydrazine groups is 1. The van der Waals surface area contributed by atoms with Crippen molar-refractivity contribution >= 4 is 5.91 Å². The highest BCUT2D eigenvalue weighted by atomic mass is 16.3. The molecule has 0 bridgehead atoms. The lowest BCUT2D eigenvalue weighted by Gasteiger charge is -2.56. The predicted octanol–water partition coefficient (Wildman–Crippen LogP) is 4.05. The molecule has 1 aromatic carbocycles. The molecule has 2 rings (SSSR count). The summed E-state index contributed by atoms with van der Waals surface area (Å²) in [5.41, 5.74) is 3.95. The quantitative estimate of drug-likeness (QED) is 0.803. The number of carbonyl (C=O) groups is 1. The number of rotatable bonds is 2. The van der Waals surface area contributed by atoms with Gasteiger partial charge >= 0.3 is 0 Å². The number of hydrogen-bond acceptors (Lipinski definition) is 3. The molecule has 1 aromatic rings. The van der Waals surface area contributed by atoms with E-state index in [-0.39, 0.29) is 16.9 Å². The second-order valence-corrected chi connectivity index (χ2v) is 7.59. The fourth-order valence-electron chi connectivity index (χ4n) is 2.85. The number of carbonyl (C=O) groups excluding carboxylic acids is 1. The van der Waals surface area contributed by atoms with Gasteiger partial charge in [-0.2, -0.15) is 0 Å². The van der Waals surface area contributed by atoms with Crippen molar-refractivity contribution in [3.8, 4) is 5.75 Å². The van der Waals surface area contributed by atoms with Gasteiger partial charge in [0.1, 0.15) is 5.75 Å². The zero-order chi connectivity index (χ0) is 18.5. The van der Waals surface area contributed by atoms with Gasteiger partial charge in [-0.25, -0.2) is 5.01 Å². The Morgan fingerprint density at radius 1 is 1.33 bits per heavy atom. The van der Waals surface area contributed by atoms with Crippen LogP contribution < -0.4 is 5.43 Å². The summed E-state index contributed by atoms with van der Waals surface area (Å²) in [4.78, 5) is 11.4. The average Bonchev–Trinajstić information content (AvgIpc) is 2.52. The van der Waals surface area contributed by atoms with Crippen molar-refractivity contribution in [2.75, 3.05) is 6.54 Å². The van der Waals surface area contributed by atoms with E-state index >= 15 is 0 Å². The van der Waals surface area contributed by atoms with Crippen molar-refractivity contribution in [1.29, 1.82) is 0 Å². The highest BCUT2D eigenvalue weighted by molar-refractivity contribution is 5.86. The number of amides is 1. The first-order valence-corrected chi connectivity index (χ1v) is 8.49. The Morgan fingerprint density at radius 3 is 2.38 bits per heavy atom. The second kappa shape index (κ2) is 7.84. The van der Waals surface area contributed by atoms with E-state index in [4.69, 9.17) is 5.11 Å². The molecule has 1 aliphatic heterocycles. The molecule has 24 heavy (non-hydrogen) atoms. The van der Waals surface area contributed by atoms with Crippen molar-refractivity contribution in [3.05, 3.63) is 42.5 Å². The monoisotopic (exact) mass is 332 g/mol. The minimum absolute atomic E-state index is 0.0522. The summed E-state index contributed by atoms with van der Waals surface area (Å²) < 4.78 is 0. The number of nitrogens with one attached hydrogen (secondary N) is 1. The molecule has 0 saturated carbocycles. The SMILES string of the molecule is C=CC(=O)NN1CCC(C)C(C)(C)C1(C)C.Cc1ccccc1O. The summed E-state index contributed by atoms with van der Waals surface area (Å²) in [6.45, 7) is 17.5. The molecular weight excluding hydrogens is 300 g/mol. The summed E-state index contributed by atoms with van der Waals surface area (Å²) in [6.07, 6.45) is 2.43. The summed E-state index contributed by atoms with van der Waals surface area (Å²) in [5, 5.41) is 11.0. The first-order valence-electron chi connectivity index (χ1n) is 8.49. The fraction of sp³-hybridized carbons (Fsp3) is 0.550. The average molecular weight is 332 g/mol. The smallest absolute Gasteiger partial charge is 0.257 e. The Morgan fingerprint density at radius 2 is 1.92 bits per heavy atom. The molecule has 1 unspecified atom stereocenters. The zero-order valence-corrected chi connectivity index (χ0v) is 15.9. The number of hydrogen-bond donors (Lipinski definition) is 2.